The first kappa shape index (κ1) is 10.5. The van der Waals surface area contributed by atoms with E-state index in [1.807, 2.05) is 0 Å². The van der Waals surface area contributed by atoms with Gasteiger partial charge in [-0.05, 0) is 12.1 Å². The van der Waals surface area contributed by atoms with E-state index in [1.165, 1.54) is 6.07 Å². The van der Waals surface area contributed by atoms with Crippen molar-refractivity contribution in [3.63, 3.8) is 0 Å². The average Bonchev–Trinajstić information content (AvgIpc) is 2.67. The van der Waals surface area contributed by atoms with Gasteiger partial charge in [0.25, 0.3) is 5.78 Å². The van der Waals surface area contributed by atoms with Gasteiger partial charge in [-0.25, -0.2) is 4.39 Å². The molecule has 0 saturated heterocycles. The summed E-state index contributed by atoms with van der Waals surface area (Å²) in [5.41, 5.74) is 0. The van der Waals surface area contributed by atoms with E-state index in [-0.39, 0.29) is 0 Å². The summed E-state index contributed by atoms with van der Waals surface area (Å²) in [5, 5.41) is 0. The van der Waals surface area contributed by atoms with Crippen molar-refractivity contribution in [2.45, 2.75) is 12.1 Å². The van der Waals surface area contributed by atoms with Crippen LogP contribution in [0.25, 0.3) is 0 Å². The zero-order valence-electron chi connectivity index (χ0n) is 6.75. The Labute approximate surface area is 76.5 Å². The number of hydrogen-bond donors (Lipinski definition) is 0. The van der Waals surface area contributed by atoms with Crippen molar-refractivity contribution in [1.82, 2.24) is 0 Å². The van der Waals surface area contributed by atoms with Gasteiger partial charge in [0, 0.05) is 0 Å². The number of carbonyl (C=O) groups is 2. The third-order valence-corrected chi connectivity index (χ3v) is 1.51. The van der Waals surface area contributed by atoms with Crippen LogP contribution in [-0.2, 0) is 4.79 Å². The number of aldehydes is 1. The number of carbonyl (C=O) groups excluding carboxylic acids is 2. The van der Waals surface area contributed by atoms with Gasteiger partial charge in [0.1, 0.15) is 0 Å². The molecule has 3 nitrogen and oxygen atoms in total. The van der Waals surface area contributed by atoms with E-state index in [0.717, 1.165) is 12.3 Å². The van der Waals surface area contributed by atoms with E-state index in [0.29, 0.717) is 0 Å². The Morgan fingerprint density at radius 3 is 2.64 bits per heavy atom. The Morgan fingerprint density at radius 1 is 1.57 bits per heavy atom. The monoisotopic (exact) mass is 206 g/mol. The predicted octanol–water partition coefficient (Wildman–Crippen LogP) is 1.63. The largest absolute Gasteiger partial charge is 0.461 e. The first-order valence-corrected chi connectivity index (χ1v) is 3.55. The van der Waals surface area contributed by atoms with E-state index in [9.17, 15) is 22.8 Å². The Hall–Kier alpha value is -1.59. The second-order valence-electron chi connectivity index (χ2n) is 2.47. The second-order valence-corrected chi connectivity index (χ2v) is 2.47. The molecule has 0 aromatic carbocycles. The van der Waals surface area contributed by atoms with Crippen LogP contribution in [-0.4, -0.2) is 24.2 Å². The molecule has 0 aliphatic heterocycles. The minimum absolute atomic E-state index is 0.624. The number of Topliss-reactive ketones (excluding diaryl/α,β-unsaturated/α-hetero) is 1. The van der Waals surface area contributed by atoms with Gasteiger partial charge in [-0.3, -0.25) is 9.59 Å². The van der Waals surface area contributed by atoms with Crippen LogP contribution in [0.4, 0.5) is 13.2 Å². The molecule has 0 amide bonds. The molecule has 1 heterocycles. The number of furan rings is 1. The van der Waals surface area contributed by atoms with E-state index in [1.54, 1.807) is 0 Å². The van der Waals surface area contributed by atoms with Crippen molar-refractivity contribution in [2.75, 3.05) is 0 Å². The smallest absolute Gasteiger partial charge is 0.350 e. The quantitative estimate of drug-likeness (QED) is 0.555. The molecule has 0 aliphatic rings. The molecule has 0 spiro atoms. The molecule has 0 fully saturated rings. The lowest BCUT2D eigenvalue weighted by Crippen LogP contribution is -2.39. The van der Waals surface area contributed by atoms with Crippen LogP contribution >= 0.6 is 0 Å². The molecule has 0 bridgehead atoms. The van der Waals surface area contributed by atoms with Gasteiger partial charge < -0.3 is 4.42 Å². The lowest BCUT2D eigenvalue weighted by Gasteiger charge is -2.13. The van der Waals surface area contributed by atoms with Crippen LogP contribution in [0.3, 0.4) is 0 Å². The van der Waals surface area contributed by atoms with Gasteiger partial charge in [0.15, 0.2) is 12.0 Å². The summed E-state index contributed by atoms with van der Waals surface area (Å²) in [6.07, 6.45) is -2.78. The minimum atomic E-state index is -4.38. The fourth-order valence-corrected chi connectivity index (χ4v) is 0.783. The predicted molar refractivity (Wildman–Crippen MR) is 38.9 cm³/mol. The van der Waals surface area contributed by atoms with Crippen LogP contribution in [0.5, 0.6) is 0 Å². The number of hydrogen-bond acceptors (Lipinski definition) is 3. The van der Waals surface area contributed by atoms with Gasteiger partial charge >= 0.3 is 5.92 Å². The average molecular weight is 206 g/mol. The summed E-state index contributed by atoms with van der Waals surface area (Å²) in [4.78, 5) is 20.7. The minimum Gasteiger partial charge on any atom is -0.461 e. The number of ketones is 1. The Balaban J connectivity index is 2.94. The summed E-state index contributed by atoms with van der Waals surface area (Å²) in [6.45, 7) is 0. The van der Waals surface area contributed by atoms with Gasteiger partial charge in [0.2, 0.25) is 6.17 Å². The molecule has 1 unspecified atom stereocenters. The molecule has 1 rings (SSSR count). The summed E-state index contributed by atoms with van der Waals surface area (Å²) in [7, 11) is 0. The molecular weight excluding hydrogens is 201 g/mol. The number of rotatable bonds is 4. The molecule has 0 N–H and O–H groups in total. The SMILES string of the molecule is O=CC(F)C(F)(F)C(=O)c1ccco1. The fraction of sp³-hybridized carbons (Fsp3) is 0.250. The highest BCUT2D eigenvalue weighted by Crippen LogP contribution is 2.25. The van der Waals surface area contributed by atoms with Crippen LogP contribution in [0.15, 0.2) is 22.8 Å². The molecule has 1 atom stereocenters. The normalized spacial score (nSPS) is 13.6. The fourth-order valence-electron chi connectivity index (χ4n) is 0.783. The first-order chi connectivity index (χ1) is 6.50. The lowest BCUT2D eigenvalue weighted by molar-refractivity contribution is -0.122. The van der Waals surface area contributed by atoms with Crippen molar-refractivity contribution in [1.29, 1.82) is 0 Å². The summed E-state index contributed by atoms with van der Waals surface area (Å²) in [5.74, 6) is -6.90. The molecule has 0 aliphatic carbocycles. The summed E-state index contributed by atoms with van der Waals surface area (Å²) in [6, 6.07) is 2.17. The number of halogens is 3. The highest BCUT2D eigenvalue weighted by molar-refractivity contribution is 6.01. The van der Waals surface area contributed by atoms with Gasteiger partial charge in [0.05, 0.1) is 6.26 Å². The van der Waals surface area contributed by atoms with Crippen molar-refractivity contribution < 1.29 is 27.2 Å². The maximum absolute atomic E-state index is 12.8. The van der Waals surface area contributed by atoms with E-state index >= 15 is 0 Å². The Kier molecular flexibility index (Phi) is 2.73. The van der Waals surface area contributed by atoms with Gasteiger partial charge in [-0.2, -0.15) is 8.78 Å². The number of alkyl halides is 3. The molecule has 6 heteroatoms. The third-order valence-electron chi connectivity index (χ3n) is 1.51. The molecule has 0 saturated carbocycles. The second kappa shape index (κ2) is 3.65. The molecule has 14 heavy (non-hydrogen) atoms. The van der Waals surface area contributed by atoms with E-state index in [4.69, 9.17) is 0 Å². The van der Waals surface area contributed by atoms with Crippen molar-refractivity contribution in [3.05, 3.63) is 24.2 Å². The maximum Gasteiger partial charge on any atom is 0.350 e. The lowest BCUT2D eigenvalue weighted by atomic mass is 10.1. The Morgan fingerprint density at radius 2 is 2.21 bits per heavy atom. The highest BCUT2D eigenvalue weighted by Gasteiger charge is 2.49. The van der Waals surface area contributed by atoms with Crippen molar-refractivity contribution in [3.8, 4) is 0 Å². The van der Waals surface area contributed by atoms with Gasteiger partial charge in [-0.1, -0.05) is 0 Å². The zero-order valence-corrected chi connectivity index (χ0v) is 6.75. The first-order valence-electron chi connectivity index (χ1n) is 3.55. The van der Waals surface area contributed by atoms with Crippen LogP contribution in [0.2, 0.25) is 0 Å². The third kappa shape index (κ3) is 1.68. The standard InChI is InChI=1S/C8H5F3O3/c9-6(4-12)8(10,11)7(13)5-2-1-3-14-5/h1-4,6H. The van der Waals surface area contributed by atoms with Crippen molar-refractivity contribution in [2.24, 2.45) is 0 Å². The van der Waals surface area contributed by atoms with Crippen LogP contribution in [0.1, 0.15) is 10.6 Å². The molecule has 1 aromatic rings. The molecular formula is C8H5F3O3. The van der Waals surface area contributed by atoms with Crippen molar-refractivity contribution >= 4 is 12.1 Å². The summed E-state index contributed by atoms with van der Waals surface area (Å²) < 4.78 is 42.3. The van der Waals surface area contributed by atoms with E-state index in [2.05, 4.69) is 4.42 Å². The topological polar surface area (TPSA) is 47.3 Å². The Bertz CT molecular complexity index is 332. The highest BCUT2D eigenvalue weighted by atomic mass is 19.3. The van der Waals surface area contributed by atoms with Gasteiger partial charge in [-0.15, -0.1) is 0 Å². The maximum atomic E-state index is 12.8. The molecule has 76 valence electrons. The molecule has 0 radical (unpaired) electrons. The zero-order chi connectivity index (χ0) is 10.8. The van der Waals surface area contributed by atoms with Crippen LogP contribution in [0, 0.1) is 0 Å². The van der Waals surface area contributed by atoms with E-state index < -0.39 is 29.9 Å². The molecule has 1 aromatic heterocycles. The summed E-state index contributed by atoms with van der Waals surface area (Å²) >= 11 is 0. The van der Waals surface area contributed by atoms with Crippen LogP contribution < -0.4 is 0 Å².